The van der Waals surface area contributed by atoms with Crippen LogP contribution in [-0.4, -0.2) is 58.4 Å². The van der Waals surface area contributed by atoms with Crippen LogP contribution in [0.2, 0.25) is 0 Å². The second kappa shape index (κ2) is 10.2. The number of nitrogens with zero attached hydrogens (tertiary/aromatic N) is 2. The van der Waals surface area contributed by atoms with Gasteiger partial charge in [0, 0.05) is 41.4 Å². The number of amides is 2. The third-order valence-electron chi connectivity index (χ3n) is 6.74. The number of fused-ring (bicyclic) bond motifs is 2. The van der Waals surface area contributed by atoms with Crippen LogP contribution < -0.4 is 5.32 Å². The van der Waals surface area contributed by atoms with Crippen molar-refractivity contribution in [1.82, 2.24) is 10.2 Å². The molecule has 184 valence electrons. The number of halogens is 1. The molecule has 0 bridgehead atoms. The predicted molar refractivity (Wildman–Crippen MR) is 141 cm³/mol. The van der Waals surface area contributed by atoms with E-state index in [1.807, 2.05) is 47.4 Å². The molecule has 2 heterocycles. The first-order chi connectivity index (χ1) is 17.4. The van der Waals surface area contributed by atoms with Gasteiger partial charge in [0.25, 0.3) is 11.8 Å². The van der Waals surface area contributed by atoms with Gasteiger partial charge in [0.1, 0.15) is 5.75 Å². The van der Waals surface area contributed by atoms with E-state index in [2.05, 4.69) is 26.2 Å². The van der Waals surface area contributed by atoms with Crippen LogP contribution >= 0.6 is 15.9 Å². The summed E-state index contributed by atoms with van der Waals surface area (Å²) in [6, 6.07) is 17.6. The number of aliphatic hydroxyl groups excluding tert-OH is 1. The third-order valence-corrected chi connectivity index (χ3v) is 7.27. The highest BCUT2D eigenvalue weighted by Gasteiger charge is 2.25. The van der Waals surface area contributed by atoms with Gasteiger partial charge in [-0.05, 0) is 83.6 Å². The smallest absolute Gasteiger partial charge is 0.254 e. The van der Waals surface area contributed by atoms with Crippen LogP contribution in [0.1, 0.15) is 43.0 Å². The van der Waals surface area contributed by atoms with Crippen molar-refractivity contribution in [3.8, 4) is 5.75 Å². The molecule has 8 heteroatoms. The quantitative estimate of drug-likeness (QED) is 0.455. The zero-order chi connectivity index (χ0) is 25.2. The van der Waals surface area contributed by atoms with E-state index in [0.29, 0.717) is 37.1 Å². The second-order valence-electron chi connectivity index (χ2n) is 9.18. The lowest BCUT2D eigenvalue weighted by atomic mass is 9.94. The molecule has 0 fully saturated rings. The molecule has 3 aromatic rings. The molecule has 3 aromatic carbocycles. The monoisotopic (exact) mass is 547 g/mol. The number of phenolic OH excluding ortho intramolecular Hbond substituents is 1. The van der Waals surface area contributed by atoms with E-state index in [0.717, 1.165) is 26.7 Å². The zero-order valence-electron chi connectivity index (χ0n) is 19.5. The average Bonchev–Trinajstić information content (AvgIpc) is 2.90. The molecule has 0 spiro atoms. The Morgan fingerprint density at radius 2 is 1.78 bits per heavy atom. The number of nitrogens with one attached hydrogen (secondary N) is 1. The number of hydrogen-bond acceptors (Lipinski definition) is 5. The fraction of sp³-hybridized carbons (Fsp3) is 0.250. The van der Waals surface area contributed by atoms with Crippen LogP contribution in [0.3, 0.4) is 0 Å². The summed E-state index contributed by atoms with van der Waals surface area (Å²) in [6.07, 6.45) is 2.04. The Morgan fingerprint density at radius 1 is 1.03 bits per heavy atom. The van der Waals surface area contributed by atoms with Crippen molar-refractivity contribution in [2.45, 2.75) is 31.5 Å². The van der Waals surface area contributed by atoms with E-state index in [1.165, 1.54) is 0 Å². The topological polar surface area (TPSA) is 102 Å². The van der Waals surface area contributed by atoms with Gasteiger partial charge in [0.05, 0.1) is 12.1 Å². The lowest BCUT2D eigenvalue weighted by molar-refractivity contribution is 0.0734. The normalized spacial score (nSPS) is 17.2. The molecular weight excluding hydrogens is 522 g/mol. The summed E-state index contributed by atoms with van der Waals surface area (Å²) < 4.78 is 0.930. The molecule has 2 aliphatic rings. The maximum atomic E-state index is 12.9. The van der Waals surface area contributed by atoms with E-state index in [1.54, 1.807) is 24.4 Å². The number of aliphatic imine (C=N–C) groups is 1. The maximum absolute atomic E-state index is 12.9. The number of hydrogen-bond donors (Lipinski definition) is 3. The summed E-state index contributed by atoms with van der Waals surface area (Å²) >= 11 is 3.39. The first-order valence-electron chi connectivity index (χ1n) is 11.9. The Labute approximate surface area is 217 Å². The van der Waals surface area contributed by atoms with Gasteiger partial charge < -0.3 is 20.4 Å². The average molecular weight is 548 g/mol. The van der Waals surface area contributed by atoms with E-state index < -0.39 is 6.10 Å². The van der Waals surface area contributed by atoms with Gasteiger partial charge >= 0.3 is 0 Å². The zero-order valence-corrected chi connectivity index (χ0v) is 21.1. The van der Waals surface area contributed by atoms with Gasteiger partial charge in [-0.1, -0.05) is 28.1 Å². The number of carbonyl (C=O) groups excluding carboxylic acids is 2. The van der Waals surface area contributed by atoms with Gasteiger partial charge in [-0.3, -0.25) is 14.6 Å². The molecule has 5 rings (SSSR count). The van der Waals surface area contributed by atoms with Crippen LogP contribution in [0.4, 0.5) is 0 Å². The summed E-state index contributed by atoms with van der Waals surface area (Å²) in [6.45, 7) is 1.18. The van der Waals surface area contributed by atoms with Crippen molar-refractivity contribution < 1.29 is 19.8 Å². The van der Waals surface area contributed by atoms with Crippen LogP contribution in [0.25, 0.3) is 0 Å². The Bertz CT molecular complexity index is 1340. The molecule has 0 saturated carbocycles. The Hall–Kier alpha value is -3.49. The van der Waals surface area contributed by atoms with E-state index in [9.17, 15) is 19.8 Å². The highest BCUT2D eigenvalue weighted by Crippen LogP contribution is 2.24. The van der Waals surface area contributed by atoms with E-state index >= 15 is 0 Å². The summed E-state index contributed by atoms with van der Waals surface area (Å²) in [5.41, 5.74) is 5.11. The van der Waals surface area contributed by atoms with Crippen molar-refractivity contribution in [3.05, 3.63) is 98.5 Å². The first-order valence-corrected chi connectivity index (χ1v) is 12.6. The van der Waals surface area contributed by atoms with Crippen molar-refractivity contribution in [2.75, 3.05) is 13.1 Å². The highest BCUT2D eigenvalue weighted by atomic mass is 79.9. The first kappa shape index (κ1) is 24.2. The molecule has 0 saturated heterocycles. The van der Waals surface area contributed by atoms with Crippen LogP contribution in [-0.2, 0) is 19.4 Å². The largest absolute Gasteiger partial charge is 0.508 e. The number of carbonyl (C=O) groups is 2. The van der Waals surface area contributed by atoms with E-state index in [4.69, 9.17) is 0 Å². The van der Waals surface area contributed by atoms with Crippen LogP contribution in [0.15, 0.2) is 70.1 Å². The second-order valence-corrected chi connectivity index (χ2v) is 10.1. The number of aromatic hydroxyl groups is 1. The fourth-order valence-corrected chi connectivity index (χ4v) is 4.92. The molecular formula is C28H26BrN3O4. The molecule has 36 heavy (non-hydrogen) atoms. The molecule has 7 nitrogen and oxygen atoms in total. The number of benzene rings is 3. The Morgan fingerprint density at radius 3 is 2.58 bits per heavy atom. The molecule has 0 aromatic heterocycles. The standard InChI is InChI=1S/C28H26BrN3O4/c29-23-6-3-17(4-7-23)28(36)32-10-9-19-11-20(1-2-21(19)16-32)27(35)31-15-26(34)25-13-18-5-8-24(33)12-22(18)14-30-25/h1-8,11-12,14,25-26,33-34H,9-10,13,15-16H2,(H,31,35)/t25?,26-/m1/s1. The van der Waals surface area contributed by atoms with Crippen molar-refractivity contribution in [3.63, 3.8) is 0 Å². The molecule has 2 amide bonds. The van der Waals surface area contributed by atoms with Gasteiger partial charge in [-0.2, -0.15) is 0 Å². The lowest BCUT2D eigenvalue weighted by Gasteiger charge is -2.29. The third kappa shape index (κ3) is 5.20. The summed E-state index contributed by atoms with van der Waals surface area (Å²) in [5.74, 6) is -0.0792. The molecule has 0 radical (unpaired) electrons. The summed E-state index contributed by atoms with van der Waals surface area (Å²) in [4.78, 5) is 31.9. The van der Waals surface area contributed by atoms with E-state index in [-0.39, 0.29) is 30.2 Å². The molecule has 0 aliphatic carbocycles. The molecule has 3 N–H and O–H groups in total. The van der Waals surface area contributed by atoms with Gasteiger partial charge in [0.2, 0.25) is 0 Å². The lowest BCUT2D eigenvalue weighted by Crippen LogP contribution is -2.40. The Balaban J connectivity index is 1.18. The van der Waals surface area contributed by atoms with Gasteiger partial charge in [-0.15, -0.1) is 0 Å². The minimum Gasteiger partial charge on any atom is -0.508 e. The number of rotatable bonds is 5. The predicted octanol–water partition coefficient (Wildman–Crippen LogP) is 3.49. The van der Waals surface area contributed by atoms with Crippen molar-refractivity contribution in [2.24, 2.45) is 4.99 Å². The summed E-state index contributed by atoms with van der Waals surface area (Å²) in [7, 11) is 0. The molecule has 2 atom stereocenters. The minimum atomic E-state index is -0.831. The maximum Gasteiger partial charge on any atom is 0.254 e. The fourth-order valence-electron chi connectivity index (χ4n) is 4.66. The van der Waals surface area contributed by atoms with Gasteiger partial charge in [-0.25, -0.2) is 0 Å². The number of phenols is 1. The number of aliphatic hydroxyl groups is 1. The summed E-state index contributed by atoms with van der Waals surface area (Å²) in [5, 5.41) is 23.0. The van der Waals surface area contributed by atoms with Crippen molar-refractivity contribution in [1.29, 1.82) is 0 Å². The van der Waals surface area contributed by atoms with Crippen LogP contribution in [0.5, 0.6) is 5.75 Å². The SMILES string of the molecule is O=C(NC[C@@H](O)C1Cc2ccc(O)cc2C=N1)c1ccc2c(c1)CCN(C(=O)c1ccc(Br)cc1)C2. The van der Waals surface area contributed by atoms with Crippen molar-refractivity contribution >= 4 is 34.0 Å². The Kier molecular flexibility index (Phi) is 6.89. The minimum absolute atomic E-state index is 0.00578. The molecule has 2 aliphatic heterocycles. The highest BCUT2D eigenvalue weighted by molar-refractivity contribution is 9.10. The molecule has 1 unspecified atom stereocenters. The van der Waals surface area contributed by atoms with Crippen LogP contribution in [0, 0.1) is 0 Å². The van der Waals surface area contributed by atoms with Gasteiger partial charge in [0.15, 0.2) is 0 Å².